The van der Waals surface area contributed by atoms with Gasteiger partial charge in [-0.3, -0.25) is 9.89 Å². The number of hydrogen-bond donors (Lipinski definition) is 2. The van der Waals surface area contributed by atoms with Gasteiger partial charge in [-0.05, 0) is 59.5 Å². The number of piperidine rings is 1. The zero-order chi connectivity index (χ0) is 17.7. The molecule has 0 aliphatic carbocycles. The van der Waals surface area contributed by atoms with Crippen molar-refractivity contribution < 1.29 is 4.79 Å². The summed E-state index contributed by atoms with van der Waals surface area (Å²) in [6.07, 6.45) is 3.48. The number of nitrogens with zero attached hydrogens (tertiary/aromatic N) is 2. The highest BCUT2D eigenvalue weighted by Crippen LogP contribution is 2.25. The summed E-state index contributed by atoms with van der Waals surface area (Å²) in [7, 11) is 0. The average Bonchev–Trinajstić information content (AvgIpc) is 2.87. The van der Waals surface area contributed by atoms with Crippen LogP contribution in [0.2, 0.25) is 0 Å². The number of hydrogen-bond acceptors (Lipinski definition) is 3. The van der Waals surface area contributed by atoms with E-state index in [9.17, 15) is 4.79 Å². The second-order valence-corrected chi connectivity index (χ2v) is 8.42. The van der Waals surface area contributed by atoms with Crippen molar-refractivity contribution in [1.29, 1.82) is 0 Å². The van der Waals surface area contributed by atoms with Crippen LogP contribution in [0.25, 0.3) is 0 Å². The third-order valence-electron chi connectivity index (χ3n) is 4.66. The van der Waals surface area contributed by atoms with Crippen LogP contribution >= 0.6 is 15.9 Å². The lowest BCUT2D eigenvalue weighted by molar-refractivity contribution is 0.0946. The molecule has 1 aromatic heterocycles. The van der Waals surface area contributed by atoms with Crippen LogP contribution in [0.5, 0.6) is 0 Å². The molecule has 2 atom stereocenters. The molecule has 2 rings (SSSR count). The first-order chi connectivity index (χ1) is 11.4. The maximum Gasteiger partial charge on any atom is 0.272 e. The number of rotatable bonds is 7. The molecule has 6 heteroatoms. The minimum absolute atomic E-state index is 0.106. The second-order valence-electron chi connectivity index (χ2n) is 7.62. The molecule has 0 aromatic carbocycles. The van der Waals surface area contributed by atoms with Gasteiger partial charge >= 0.3 is 0 Å². The Labute approximate surface area is 154 Å². The molecule has 0 saturated carbocycles. The molecule has 1 aliphatic heterocycles. The Bertz CT molecular complexity index is 533. The van der Waals surface area contributed by atoms with Gasteiger partial charge in [-0.2, -0.15) is 5.10 Å². The zero-order valence-electron chi connectivity index (χ0n) is 15.4. The molecule has 1 saturated heterocycles. The maximum absolute atomic E-state index is 12.2. The van der Waals surface area contributed by atoms with E-state index in [1.807, 2.05) is 0 Å². The number of unbranched alkanes of at least 4 members (excludes halogenated alkanes) is 1. The summed E-state index contributed by atoms with van der Waals surface area (Å²) in [5, 5.41) is 10.1. The van der Waals surface area contributed by atoms with Crippen LogP contribution in [0.15, 0.2) is 4.47 Å². The zero-order valence-corrected chi connectivity index (χ0v) is 16.9. The van der Waals surface area contributed by atoms with Crippen molar-refractivity contribution in [3.05, 3.63) is 15.9 Å². The Morgan fingerprint density at radius 2 is 2.00 bits per heavy atom. The van der Waals surface area contributed by atoms with Crippen molar-refractivity contribution in [2.75, 3.05) is 26.2 Å². The van der Waals surface area contributed by atoms with Crippen LogP contribution in [-0.2, 0) is 0 Å². The Morgan fingerprint density at radius 1 is 1.33 bits per heavy atom. The molecule has 136 valence electrons. The third kappa shape index (κ3) is 5.31. The number of amides is 1. The fourth-order valence-corrected chi connectivity index (χ4v) is 4.41. The number of halogens is 1. The van der Waals surface area contributed by atoms with Crippen LogP contribution in [0.3, 0.4) is 0 Å². The molecule has 0 spiro atoms. The monoisotopic (exact) mass is 398 g/mol. The number of carbonyl (C=O) groups excluding carboxylic acids is 1. The first-order valence-electron chi connectivity index (χ1n) is 9.12. The van der Waals surface area contributed by atoms with Crippen molar-refractivity contribution in [3.8, 4) is 0 Å². The Kier molecular flexibility index (Phi) is 7.29. The third-order valence-corrected chi connectivity index (χ3v) is 5.46. The summed E-state index contributed by atoms with van der Waals surface area (Å²) in [4.78, 5) is 14.8. The predicted molar refractivity (Wildman–Crippen MR) is 101 cm³/mol. The van der Waals surface area contributed by atoms with Gasteiger partial charge in [0.25, 0.3) is 5.91 Å². The highest BCUT2D eigenvalue weighted by atomic mass is 79.9. The van der Waals surface area contributed by atoms with Crippen LogP contribution in [0, 0.1) is 11.8 Å². The molecule has 2 unspecified atom stereocenters. The van der Waals surface area contributed by atoms with Crippen LogP contribution in [0.4, 0.5) is 0 Å². The van der Waals surface area contributed by atoms with Gasteiger partial charge in [0.1, 0.15) is 0 Å². The van der Waals surface area contributed by atoms with E-state index in [-0.39, 0.29) is 5.91 Å². The van der Waals surface area contributed by atoms with Crippen molar-refractivity contribution in [2.24, 2.45) is 11.8 Å². The molecule has 0 radical (unpaired) electrons. The summed E-state index contributed by atoms with van der Waals surface area (Å²) in [6.45, 7) is 13.1. The normalized spacial score (nSPS) is 22.1. The molecular weight excluding hydrogens is 368 g/mol. The number of carbonyl (C=O) groups is 1. The predicted octanol–water partition coefficient (Wildman–Crippen LogP) is 3.78. The largest absolute Gasteiger partial charge is 0.351 e. The summed E-state index contributed by atoms with van der Waals surface area (Å²) in [5.74, 6) is 1.81. The van der Waals surface area contributed by atoms with Gasteiger partial charge in [-0.1, -0.05) is 27.7 Å². The first-order valence-corrected chi connectivity index (χ1v) is 9.92. The van der Waals surface area contributed by atoms with Gasteiger partial charge < -0.3 is 10.2 Å². The number of aromatic nitrogens is 2. The summed E-state index contributed by atoms with van der Waals surface area (Å²) in [5.41, 5.74) is 1.42. The molecule has 24 heavy (non-hydrogen) atoms. The van der Waals surface area contributed by atoms with Crippen molar-refractivity contribution in [3.63, 3.8) is 0 Å². The Morgan fingerprint density at radius 3 is 2.58 bits per heavy atom. The highest BCUT2D eigenvalue weighted by Gasteiger charge is 2.21. The van der Waals surface area contributed by atoms with E-state index in [4.69, 9.17) is 0 Å². The Hall–Kier alpha value is -0.880. The lowest BCUT2D eigenvalue weighted by Crippen LogP contribution is -2.39. The van der Waals surface area contributed by atoms with Gasteiger partial charge in [-0.25, -0.2) is 0 Å². The topological polar surface area (TPSA) is 61.0 Å². The van der Waals surface area contributed by atoms with Crippen LogP contribution in [-0.4, -0.2) is 47.2 Å². The van der Waals surface area contributed by atoms with Crippen molar-refractivity contribution >= 4 is 21.8 Å². The van der Waals surface area contributed by atoms with Crippen LogP contribution < -0.4 is 5.32 Å². The quantitative estimate of drug-likeness (QED) is 0.686. The van der Waals surface area contributed by atoms with Gasteiger partial charge in [0.15, 0.2) is 5.69 Å². The van der Waals surface area contributed by atoms with Crippen LogP contribution in [0.1, 0.15) is 69.1 Å². The van der Waals surface area contributed by atoms with E-state index in [1.54, 1.807) is 0 Å². The number of aromatic amines is 1. The van der Waals surface area contributed by atoms with Gasteiger partial charge in [-0.15, -0.1) is 0 Å². The molecule has 1 fully saturated rings. The minimum Gasteiger partial charge on any atom is -0.351 e. The average molecular weight is 399 g/mol. The number of likely N-dealkylation sites (tertiary alicyclic amines) is 1. The molecular formula is C18H31BrN4O. The summed E-state index contributed by atoms with van der Waals surface area (Å²) < 4.78 is 0.784. The molecule has 1 aromatic rings. The molecule has 2 N–H and O–H groups in total. The standard InChI is InChI=1S/C18H31BrN4O/c1-12(2)16-15(19)17(22-21-16)18(24)20-7-5-6-8-23-10-13(3)9-14(4)11-23/h12-14H,5-11H2,1-4H3,(H,20,24)(H,21,22). The maximum atomic E-state index is 12.2. The second kappa shape index (κ2) is 8.99. The summed E-state index contributed by atoms with van der Waals surface area (Å²) >= 11 is 3.48. The fraction of sp³-hybridized carbons (Fsp3) is 0.778. The Balaban J connectivity index is 1.68. The van der Waals surface area contributed by atoms with E-state index in [1.165, 1.54) is 19.5 Å². The first kappa shape index (κ1) is 19.4. The summed E-state index contributed by atoms with van der Waals surface area (Å²) in [6, 6.07) is 0. The van der Waals surface area contributed by atoms with E-state index in [2.05, 4.69) is 64.0 Å². The SMILES string of the molecule is CC1CC(C)CN(CCCCNC(=O)c2n[nH]c(C(C)C)c2Br)C1. The lowest BCUT2D eigenvalue weighted by Gasteiger charge is -2.34. The highest BCUT2D eigenvalue weighted by molar-refractivity contribution is 9.10. The van der Waals surface area contributed by atoms with Crippen molar-refractivity contribution in [2.45, 2.75) is 52.9 Å². The molecule has 0 bridgehead atoms. The smallest absolute Gasteiger partial charge is 0.272 e. The van der Waals surface area contributed by atoms with Gasteiger partial charge in [0, 0.05) is 19.6 Å². The minimum atomic E-state index is -0.106. The lowest BCUT2D eigenvalue weighted by atomic mass is 9.92. The van der Waals surface area contributed by atoms with Gasteiger partial charge in [0.05, 0.1) is 10.2 Å². The van der Waals surface area contributed by atoms with E-state index >= 15 is 0 Å². The van der Waals surface area contributed by atoms with Crippen molar-refractivity contribution in [1.82, 2.24) is 20.4 Å². The van der Waals surface area contributed by atoms with Gasteiger partial charge in [0.2, 0.25) is 0 Å². The van der Waals surface area contributed by atoms with E-state index < -0.39 is 0 Å². The van der Waals surface area contributed by atoms with E-state index in [0.29, 0.717) is 18.2 Å². The molecule has 5 nitrogen and oxygen atoms in total. The molecule has 1 amide bonds. The van der Waals surface area contributed by atoms with E-state index in [0.717, 1.165) is 41.4 Å². The number of H-pyrrole nitrogens is 1. The molecule has 2 heterocycles. The fourth-order valence-electron chi connectivity index (χ4n) is 3.60. The number of nitrogens with one attached hydrogen (secondary N) is 2. The molecule has 1 aliphatic rings.